The van der Waals surface area contributed by atoms with Gasteiger partial charge in [0.1, 0.15) is 17.3 Å². The smallest absolute Gasteiger partial charge is 0.134 e. The summed E-state index contributed by atoms with van der Waals surface area (Å²) in [5.74, 6) is 3.34. The zero-order chi connectivity index (χ0) is 25.8. The van der Waals surface area contributed by atoms with Crippen LogP contribution in [0.3, 0.4) is 0 Å². The van der Waals surface area contributed by atoms with Crippen LogP contribution in [0.1, 0.15) is 54.9 Å². The third-order valence-corrected chi connectivity index (χ3v) is 11.2. The lowest BCUT2D eigenvalue weighted by atomic mass is 9.56. The summed E-state index contributed by atoms with van der Waals surface area (Å²) in [7, 11) is 0. The molecule has 0 radical (unpaired) electrons. The summed E-state index contributed by atoms with van der Waals surface area (Å²) in [6, 6.07) is 0. The molecule has 9 heteroatoms. The second-order valence-corrected chi connectivity index (χ2v) is 15.0. The zero-order valence-corrected chi connectivity index (χ0v) is 26.3. The third kappa shape index (κ3) is 11.8. The first kappa shape index (κ1) is 34.1. The molecule has 0 aromatic carbocycles. The van der Waals surface area contributed by atoms with Crippen molar-refractivity contribution in [1.29, 1.82) is 0 Å². The molecule has 0 amide bonds. The van der Waals surface area contributed by atoms with Gasteiger partial charge >= 0.3 is 0 Å². The van der Waals surface area contributed by atoms with Gasteiger partial charge in [0.25, 0.3) is 0 Å². The fourth-order valence-corrected chi connectivity index (χ4v) is 9.21. The first-order chi connectivity index (χ1) is 15.3. The molecule has 0 aliphatic carbocycles. The van der Waals surface area contributed by atoms with E-state index in [1.807, 2.05) is 27.7 Å². The molecule has 3 nitrogen and oxygen atoms in total. The van der Waals surface area contributed by atoms with Crippen LogP contribution >= 0.6 is 73.2 Å². The second-order valence-electron chi connectivity index (χ2n) is 9.12. The van der Waals surface area contributed by atoms with Crippen molar-refractivity contribution in [3.05, 3.63) is 0 Å². The molecular formula is C24H44O3S6. The molecule has 0 spiro atoms. The Morgan fingerprint density at radius 1 is 0.606 bits per heavy atom. The fourth-order valence-electron chi connectivity index (χ4n) is 4.49. The molecule has 0 bridgehead atoms. The van der Waals surface area contributed by atoms with E-state index in [0.717, 1.165) is 17.3 Å². The summed E-state index contributed by atoms with van der Waals surface area (Å²) >= 11 is 18.6. The van der Waals surface area contributed by atoms with Gasteiger partial charge in [-0.15, -0.1) is 0 Å². The molecule has 0 aromatic heterocycles. The molecule has 194 valence electrons. The molecule has 0 rings (SSSR count). The molecular weight excluding hydrogens is 529 g/mol. The van der Waals surface area contributed by atoms with E-state index in [1.165, 1.54) is 0 Å². The van der Waals surface area contributed by atoms with Crippen LogP contribution in [-0.2, 0) is 14.4 Å². The Morgan fingerprint density at radius 2 is 0.848 bits per heavy atom. The van der Waals surface area contributed by atoms with Gasteiger partial charge in [-0.1, -0.05) is 27.7 Å². The van der Waals surface area contributed by atoms with Crippen molar-refractivity contribution in [3.63, 3.8) is 0 Å². The number of rotatable bonds is 19. The van der Waals surface area contributed by atoms with E-state index >= 15 is 0 Å². The largest absolute Gasteiger partial charge is 0.300 e. The number of hydrogen-bond acceptors (Lipinski definition) is 9. The average Bonchev–Trinajstić information content (AvgIpc) is 2.68. The van der Waals surface area contributed by atoms with Crippen LogP contribution in [0.25, 0.3) is 0 Å². The molecule has 0 aromatic rings. The minimum atomic E-state index is -0.712. The summed E-state index contributed by atoms with van der Waals surface area (Å²) in [5, 5.41) is 0.641. The number of thiol groups is 3. The lowest BCUT2D eigenvalue weighted by Gasteiger charge is -2.49. The van der Waals surface area contributed by atoms with Crippen LogP contribution in [0.4, 0.5) is 0 Å². The molecule has 0 aliphatic heterocycles. The van der Waals surface area contributed by atoms with E-state index in [4.69, 9.17) is 0 Å². The van der Waals surface area contributed by atoms with Crippen LogP contribution in [0, 0.1) is 23.2 Å². The van der Waals surface area contributed by atoms with Gasteiger partial charge in [0.2, 0.25) is 0 Å². The van der Waals surface area contributed by atoms with Gasteiger partial charge in [-0.05, 0) is 27.2 Å². The van der Waals surface area contributed by atoms with Crippen molar-refractivity contribution >= 4 is 90.5 Å². The Hall–Kier alpha value is 1.11. The Bertz CT molecular complexity index is 530. The van der Waals surface area contributed by atoms with Gasteiger partial charge < -0.3 is 0 Å². The average molecular weight is 573 g/mol. The minimum Gasteiger partial charge on any atom is -0.300 e. The molecule has 0 N–H and O–H groups in total. The van der Waals surface area contributed by atoms with Crippen LogP contribution in [0.15, 0.2) is 0 Å². The standard InChI is InChI=1S/C24H44O3S6/c1-8-24(21(18(5)25)12-31-9-15(2)28,22(19(6)26)13-32-10-16(3)29)23(20(7)27)14-33-11-17(4)30/h15-17,21-23,28-30H,8-14H2,1-7H3. The minimum absolute atomic E-state index is 0.0637. The molecule has 0 aliphatic rings. The molecule has 0 saturated heterocycles. The quantitative estimate of drug-likeness (QED) is 0.161. The number of thioether (sulfide) groups is 3. The molecule has 0 saturated carbocycles. The maximum Gasteiger partial charge on any atom is 0.134 e. The predicted molar refractivity (Wildman–Crippen MR) is 163 cm³/mol. The van der Waals surface area contributed by atoms with Crippen LogP contribution in [0.5, 0.6) is 0 Å². The number of ketones is 3. The normalized spacial score (nSPS) is 19.1. The zero-order valence-electron chi connectivity index (χ0n) is 21.2. The van der Waals surface area contributed by atoms with E-state index in [9.17, 15) is 14.4 Å². The van der Waals surface area contributed by atoms with Gasteiger partial charge in [-0.2, -0.15) is 73.2 Å². The first-order valence-electron chi connectivity index (χ1n) is 11.6. The Morgan fingerprint density at radius 3 is 1.00 bits per heavy atom. The number of hydrogen-bond donors (Lipinski definition) is 3. The molecule has 6 unspecified atom stereocenters. The Balaban J connectivity index is 6.50. The molecule has 6 atom stereocenters. The summed E-state index contributed by atoms with van der Waals surface area (Å²) in [6.07, 6.45) is 0.608. The predicted octanol–water partition coefficient (Wildman–Crippen LogP) is 6.15. The van der Waals surface area contributed by atoms with Gasteiger partial charge in [0.05, 0.1) is 0 Å². The molecule has 0 fully saturated rings. The van der Waals surface area contributed by atoms with Crippen LogP contribution < -0.4 is 0 Å². The second kappa shape index (κ2) is 17.5. The van der Waals surface area contributed by atoms with Crippen molar-refractivity contribution in [1.82, 2.24) is 0 Å². The van der Waals surface area contributed by atoms with Crippen molar-refractivity contribution in [2.45, 2.75) is 70.6 Å². The third-order valence-electron chi connectivity index (χ3n) is 5.96. The van der Waals surface area contributed by atoms with Crippen LogP contribution in [0.2, 0.25) is 0 Å². The Labute approximate surface area is 231 Å². The van der Waals surface area contributed by atoms with Crippen molar-refractivity contribution in [2.24, 2.45) is 23.2 Å². The van der Waals surface area contributed by atoms with Crippen LogP contribution in [-0.4, -0.2) is 67.6 Å². The highest BCUT2D eigenvalue weighted by Gasteiger charge is 2.54. The SMILES string of the molecule is CCC(C(CSCC(C)S)C(C)=O)(C(CSCC(C)S)C(C)=O)C(CSCC(C)S)C(C)=O. The maximum atomic E-state index is 13.2. The van der Waals surface area contributed by atoms with Gasteiger partial charge in [-0.3, -0.25) is 14.4 Å². The molecule has 33 heavy (non-hydrogen) atoms. The fraction of sp³-hybridized carbons (Fsp3) is 0.875. The van der Waals surface area contributed by atoms with E-state index in [2.05, 4.69) is 37.9 Å². The van der Waals surface area contributed by atoms with Gasteiger partial charge in [0, 0.05) is 73.4 Å². The van der Waals surface area contributed by atoms with E-state index < -0.39 is 5.41 Å². The summed E-state index contributed by atoms with van der Waals surface area (Å²) in [4.78, 5) is 39.5. The van der Waals surface area contributed by atoms with E-state index in [0.29, 0.717) is 23.7 Å². The van der Waals surface area contributed by atoms with E-state index in [-0.39, 0.29) is 50.9 Å². The summed E-state index contributed by atoms with van der Waals surface area (Å²) in [5.41, 5.74) is -0.712. The monoisotopic (exact) mass is 572 g/mol. The summed E-state index contributed by atoms with van der Waals surface area (Å²) < 4.78 is 0. The highest BCUT2D eigenvalue weighted by Crippen LogP contribution is 2.51. The number of Topliss-reactive ketones (excluding diaryl/α,β-unsaturated/α-hetero) is 3. The summed E-state index contributed by atoms with van der Waals surface area (Å²) in [6.45, 7) is 13.0. The highest BCUT2D eigenvalue weighted by atomic mass is 32.2. The van der Waals surface area contributed by atoms with Crippen molar-refractivity contribution < 1.29 is 14.4 Å². The maximum absolute atomic E-state index is 13.2. The number of carbonyl (C=O) groups is 3. The topological polar surface area (TPSA) is 51.2 Å². The molecule has 0 heterocycles. The highest BCUT2D eigenvalue weighted by molar-refractivity contribution is 8.00. The first-order valence-corrected chi connectivity index (χ1v) is 16.6. The van der Waals surface area contributed by atoms with Crippen molar-refractivity contribution in [3.8, 4) is 0 Å². The van der Waals surface area contributed by atoms with Gasteiger partial charge in [0.15, 0.2) is 0 Å². The lowest BCUT2D eigenvalue weighted by Crippen LogP contribution is -2.53. The van der Waals surface area contributed by atoms with E-state index in [1.54, 1.807) is 56.1 Å². The van der Waals surface area contributed by atoms with Gasteiger partial charge in [-0.25, -0.2) is 0 Å². The lowest BCUT2D eigenvalue weighted by molar-refractivity contribution is -0.140. The Kier molecular flexibility index (Phi) is 18.1. The van der Waals surface area contributed by atoms with Crippen molar-refractivity contribution in [2.75, 3.05) is 34.5 Å². The number of carbonyl (C=O) groups excluding carboxylic acids is 3.